The number of rotatable bonds is 3. The quantitative estimate of drug-likeness (QED) is 0.845. The van der Waals surface area contributed by atoms with Gasteiger partial charge in [0.15, 0.2) is 0 Å². The molecule has 134 valence electrons. The third-order valence-corrected chi connectivity index (χ3v) is 3.92. The summed E-state index contributed by atoms with van der Waals surface area (Å²) in [5.74, 6) is 0.157. The molecule has 1 aromatic carbocycles. The second-order valence-corrected chi connectivity index (χ2v) is 5.62. The van der Waals surface area contributed by atoms with Gasteiger partial charge >= 0.3 is 6.18 Å². The molecule has 1 atom stereocenters. The Labute approximate surface area is 147 Å². The number of phenolic OH excluding ortho intramolecular Hbond substituents is 1. The molecule has 23 heavy (non-hydrogen) atoms. The minimum Gasteiger partial charge on any atom is -0.507 e. The molecule has 0 saturated carbocycles. The molecule has 1 heterocycles. The lowest BCUT2D eigenvalue weighted by Gasteiger charge is -2.36. The fraction of sp³-hybridized carbons (Fsp3) is 0.600. The standard InChI is InChI=1S/C15H21F3N2O.2ClH/c1-10-7-12(8-11(2)14(10)21)13(9-15(16,17)18)20-5-3-19-4-6-20;;/h7-8,13,19,21H,3-6,9H2,1-2H3;2*1H/t13-;;/m1../s1. The SMILES string of the molecule is Cc1cc([C@@H](CC(F)(F)F)N2CCNCC2)cc(C)c1O.Cl.Cl. The highest BCUT2D eigenvalue weighted by atomic mass is 35.5. The second kappa shape index (κ2) is 8.97. The Kier molecular flexibility index (Phi) is 8.70. The van der Waals surface area contributed by atoms with E-state index in [-0.39, 0.29) is 30.6 Å². The van der Waals surface area contributed by atoms with E-state index in [0.29, 0.717) is 42.9 Å². The first-order chi connectivity index (χ1) is 9.78. The van der Waals surface area contributed by atoms with Crippen molar-refractivity contribution in [3.63, 3.8) is 0 Å². The number of benzene rings is 1. The number of hydrogen-bond acceptors (Lipinski definition) is 3. The van der Waals surface area contributed by atoms with E-state index >= 15 is 0 Å². The van der Waals surface area contributed by atoms with Gasteiger partial charge in [0.2, 0.25) is 0 Å². The van der Waals surface area contributed by atoms with Gasteiger partial charge < -0.3 is 10.4 Å². The lowest BCUT2D eigenvalue weighted by Crippen LogP contribution is -2.46. The fourth-order valence-electron chi connectivity index (χ4n) is 2.85. The largest absolute Gasteiger partial charge is 0.507 e. The van der Waals surface area contributed by atoms with E-state index in [1.807, 2.05) is 4.90 Å². The smallest absolute Gasteiger partial charge is 0.390 e. The molecule has 2 rings (SSSR count). The van der Waals surface area contributed by atoms with Crippen LogP contribution in [0, 0.1) is 13.8 Å². The molecule has 1 aliphatic heterocycles. The summed E-state index contributed by atoms with van der Waals surface area (Å²) >= 11 is 0. The maximum absolute atomic E-state index is 12.9. The molecule has 0 spiro atoms. The molecule has 0 aromatic heterocycles. The number of phenols is 1. The van der Waals surface area contributed by atoms with E-state index in [0.717, 1.165) is 0 Å². The maximum Gasteiger partial charge on any atom is 0.390 e. The Hall–Kier alpha value is -0.690. The summed E-state index contributed by atoms with van der Waals surface area (Å²) in [6.45, 7) is 6.02. The zero-order chi connectivity index (χ0) is 15.6. The van der Waals surface area contributed by atoms with Crippen molar-refractivity contribution in [2.75, 3.05) is 26.2 Å². The molecule has 1 aromatic rings. The van der Waals surface area contributed by atoms with Crippen molar-refractivity contribution in [3.05, 3.63) is 28.8 Å². The summed E-state index contributed by atoms with van der Waals surface area (Å²) in [7, 11) is 0. The average molecular weight is 375 g/mol. The van der Waals surface area contributed by atoms with Crippen LogP contribution in [0.3, 0.4) is 0 Å². The summed E-state index contributed by atoms with van der Waals surface area (Å²) in [6.07, 6.45) is -5.08. The summed E-state index contributed by atoms with van der Waals surface area (Å²) in [5.41, 5.74) is 1.86. The van der Waals surface area contributed by atoms with E-state index in [2.05, 4.69) is 5.32 Å². The van der Waals surface area contributed by atoms with Crippen LogP contribution < -0.4 is 5.32 Å². The molecule has 1 aliphatic rings. The zero-order valence-electron chi connectivity index (χ0n) is 13.1. The normalized spacial score (nSPS) is 17.1. The lowest BCUT2D eigenvalue weighted by molar-refractivity contribution is -0.148. The van der Waals surface area contributed by atoms with E-state index in [4.69, 9.17) is 0 Å². The Morgan fingerprint density at radius 2 is 1.61 bits per heavy atom. The van der Waals surface area contributed by atoms with Gasteiger partial charge in [-0.3, -0.25) is 4.90 Å². The number of hydrogen-bond donors (Lipinski definition) is 2. The van der Waals surface area contributed by atoms with Crippen molar-refractivity contribution in [1.29, 1.82) is 0 Å². The number of alkyl halides is 3. The zero-order valence-corrected chi connectivity index (χ0v) is 14.7. The molecule has 0 amide bonds. The van der Waals surface area contributed by atoms with Crippen LogP contribution in [0.4, 0.5) is 13.2 Å². The van der Waals surface area contributed by atoms with Crippen LogP contribution in [0.25, 0.3) is 0 Å². The number of aromatic hydroxyl groups is 1. The van der Waals surface area contributed by atoms with Crippen molar-refractivity contribution in [2.45, 2.75) is 32.5 Å². The predicted octanol–water partition coefficient (Wildman–Crippen LogP) is 3.75. The first kappa shape index (κ1) is 22.3. The summed E-state index contributed by atoms with van der Waals surface area (Å²) in [4.78, 5) is 1.87. The topological polar surface area (TPSA) is 35.5 Å². The average Bonchev–Trinajstić information content (AvgIpc) is 2.41. The first-order valence-electron chi connectivity index (χ1n) is 7.09. The molecule has 8 heteroatoms. The van der Waals surface area contributed by atoms with E-state index in [1.165, 1.54) is 0 Å². The van der Waals surface area contributed by atoms with Gasteiger partial charge in [-0.25, -0.2) is 0 Å². The van der Waals surface area contributed by atoms with Crippen LogP contribution in [-0.4, -0.2) is 42.4 Å². The lowest BCUT2D eigenvalue weighted by atomic mass is 9.96. The molecule has 0 unspecified atom stereocenters. The van der Waals surface area contributed by atoms with Crippen LogP contribution in [0.2, 0.25) is 0 Å². The fourth-order valence-corrected chi connectivity index (χ4v) is 2.85. The minimum atomic E-state index is -4.21. The van der Waals surface area contributed by atoms with Crippen molar-refractivity contribution >= 4 is 24.8 Å². The maximum atomic E-state index is 12.9. The van der Waals surface area contributed by atoms with E-state index < -0.39 is 18.6 Å². The molecule has 1 fully saturated rings. The van der Waals surface area contributed by atoms with Crippen molar-refractivity contribution in [2.24, 2.45) is 0 Å². The monoisotopic (exact) mass is 374 g/mol. The first-order valence-corrected chi connectivity index (χ1v) is 7.09. The number of nitrogens with zero attached hydrogens (tertiary/aromatic N) is 1. The van der Waals surface area contributed by atoms with Crippen LogP contribution >= 0.6 is 24.8 Å². The van der Waals surface area contributed by atoms with Gasteiger partial charge in [-0.2, -0.15) is 13.2 Å². The highest BCUT2D eigenvalue weighted by Gasteiger charge is 2.36. The predicted molar refractivity (Wildman–Crippen MR) is 89.9 cm³/mol. The van der Waals surface area contributed by atoms with Gasteiger partial charge in [-0.05, 0) is 30.5 Å². The van der Waals surface area contributed by atoms with Gasteiger partial charge in [-0.15, -0.1) is 24.8 Å². The van der Waals surface area contributed by atoms with Crippen LogP contribution in [0.5, 0.6) is 5.75 Å². The number of piperazine rings is 1. The number of aryl methyl sites for hydroxylation is 2. The Morgan fingerprint density at radius 1 is 1.13 bits per heavy atom. The van der Waals surface area contributed by atoms with Gasteiger partial charge in [0.05, 0.1) is 6.42 Å². The molecule has 1 saturated heterocycles. The van der Waals surface area contributed by atoms with Gasteiger partial charge in [0.25, 0.3) is 0 Å². The molecular weight excluding hydrogens is 352 g/mol. The van der Waals surface area contributed by atoms with Crippen LogP contribution in [0.15, 0.2) is 12.1 Å². The molecular formula is C15H23Cl2F3N2O. The summed E-state index contributed by atoms with van der Waals surface area (Å²) in [5, 5.41) is 13.0. The van der Waals surface area contributed by atoms with Gasteiger partial charge in [0, 0.05) is 32.2 Å². The van der Waals surface area contributed by atoms with Gasteiger partial charge in [0.1, 0.15) is 5.75 Å². The molecule has 0 bridgehead atoms. The van der Waals surface area contributed by atoms with Crippen molar-refractivity contribution < 1.29 is 18.3 Å². The highest BCUT2D eigenvalue weighted by Crippen LogP contribution is 2.36. The van der Waals surface area contributed by atoms with Crippen LogP contribution in [0.1, 0.15) is 29.2 Å². The molecule has 3 nitrogen and oxygen atoms in total. The van der Waals surface area contributed by atoms with Crippen LogP contribution in [-0.2, 0) is 0 Å². The molecule has 0 radical (unpaired) electrons. The Morgan fingerprint density at radius 3 is 2.04 bits per heavy atom. The highest BCUT2D eigenvalue weighted by molar-refractivity contribution is 5.85. The number of nitrogens with one attached hydrogen (secondary N) is 1. The van der Waals surface area contributed by atoms with Gasteiger partial charge in [-0.1, -0.05) is 12.1 Å². The Balaban J connectivity index is 0.00000242. The number of halogens is 5. The minimum absolute atomic E-state index is 0. The van der Waals surface area contributed by atoms with E-state index in [1.54, 1.807) is 26.0 Å². The Bertz CT molecular complexity index is 483. The van der Waals surface area contributed by atoms with E-state index in [9.17, 15) is 18.3 Å². The summed E-state index contributed by atoms with van der Waals surface area (Å²) < 4.78 is 38.8. The van der Waals surface area contributed by atoms with Crippen molar-refractivity contribution in [1.82, 2.24) is 10.2 Å². The summed E-state index contributed by atoms with van der Waals surface area (Å²) in [6, 6.07) is 2.65. The molecule has 0 aliphatic carbocycles. The third kappa shape index (κ3) is 6.03. The second-order valence-electron chi connectivity index (χ2n) is 5.62. The van der Waals surface area contributed by atoms with Crippen molar-refractivity contribution in [3.8, 4) is 5.75 Å². The third-order valence-electron chi connectivity index (χ3n) is 3.92. The molecule has 2 N–H and O–H groups in total.